The summed E-state index contributed by atoms with van der Waals surface area (Å²) in [7, 11) is 0. The highest BCUT2D eigenvalue weighted by molar-refractivity contribution is 5.93. The van der Waals surface area contributed by atoms with Crippen molar-refractivity contribution in [2.45, 2.75) is 20.4 Å². The number of rotatable bonds is 7. The van der Waals surface area contributed by atoms with Crippen molar-refractivity contribution in [3.8, 4) is 22.8 Å². The normalized spacial score (nSPS) is 11.0. The first-order valence-corrected chi connectivity index (χ1v) is 11.5. The van der Waals surface area contributed by atoms with Crippen LogP contribution in [0.4, 0.5) is 5.69 Å². The molecule has 37 heavy (non-hydrogen) atoms. The molecule has 0 radical (unpaired) electrons. The number of carbonyl (C=O) groups excluding carboxylic acids is 2. The summed E-state index contributed by atoms with van der Waals surface area (Å²) in [4.78, 5) is 41.8. The second kappa shape index (κ2) is 9.90. The predicted molar refractivity (Wildman–Crippen MR) is 134 cm³/mol. The number of aryl methyl sites for hydroxylation is 1. The molecule has 0 fully saturated rings. The lowest BCUT2D eigenvalue weighted by Crippen LogP contribution is -2.28. The number of benzene rings is 2. The van der Waals surface area contributed by atoms with Gasteiger partial charge in [-0.2, -0.15) is 4.98 Å². The highest BCUT2D eigenvalue weighted by Crippen LogP contribution is 2.24. The van der Waals surface area contributed by atoms with Crippen molar-refractivity contribution < 1.29 is 18.8 Å². The molecule has 0 saturated carbocycles. The standard InChI is InChI=1S/C26H22N6O5/c1-3-36-25(34)18-10-12-19(13-11-18)27-21(33)15-32-26(35)31-14-4-5-20(23(31)29-32)24-28-22(30-37-24)17-8-6-16(2)7-9-17/h4-14H,3,15H2,1-2H3,(H,27,33). The van der Waals surface area contributed by atoms with Crippen LogP contribution in [0.3, 0.4) is 0 Å². The van der Waals surface area contributed by atoms with Crippen LogP contribution in [0.1, 0.15) is 22.8 Å². The van der Waals surface area contributed by atoms with E-state index in [1.165, 1.54) is 4.40 Å². The molecular weight excluding hydrogens is 476 g/mol. The van der Waals surface area contributed by atoms with E-state index in [4.69, 9.17) is 9.26 Å². The number of pyridine rings is 1. The lowest BCUT2D eigenvalue weighted by molar-refractivity contribution is -0.117. The van der Waals surface area contributed by atoms with Gasteiger partial charge < -0.3 is 14.6 Å². The SMILES string of the molecule is CCOC(=O)c1ccc(NC(=O)Cn2nc3c(-c4nc(-c5ccc(C)cc5)no4)cccn3c2=O)cc1. The molecule has 0 unspecified atom stereocenters. The Morgan fingerprint density at radius 2 is 1.81 bits per heavy atom. The molecule has 1 N–H and O–H groups in total. The summed E-state index contributed by atoms with van der Waals surface area (Å²) in [5.74, 6) is -0.299. The highest BCUT2D eigenvalue weighted by atomic mass is 16.5. The Bertz CT molecular complexity index is 1650. The molecular formula is C26H22N6O5. The van der Waals surface area contributed by atoms with Gasteiger partial charge in [0.05, 0.1) is 17.7 Å². The summed E-state index contributed by atoms with van der Waals surface area (Å²) in [5.41, 5.74) is 2.98. The van der Waals surface area contributed by atoms with Gasteiger partial charge in [0.15, 0.2) is 5.65 Å². The van der Waals surface area contributed by atoms with Crippen LogP contribution >= 0.6 is 0 Å². The minimum Gasteiger partial charge on any atom is -0.462 e. The molecule has 3 aromatic heterocycles. The summed E-state index contributed by atoms with van der Waals surface area (Å²) >= 11 is 0. The third-order valence-electron chi connectivity index (χ3n) is 5.55. The zero-order chi connectivity index (χ0) is 25.9. The van der Waals surface area contributed by atoms with Crippen LogP contribution in [0, 0.1) is 6.92 Å². The molecule has 0 aliphatic rings. The van der Waals surface area contributed by atoms with E-state index in [9.17, 15) is 14.4 Å². The lowest BCUT2D eigenvalue weighted by Gasteiger charge is -2.06. The van der Waals surface area contributed by atoms with Crippen LogP contribution in [-0.2, 0) is 16.1 Å². The average Bonchev–Trinajstić information content (AvgIpc) is 3.50. The van der Waals surface area contributed by atoms with Crippen LogP contribution in [0.25, 0.3) is 28.5 Å². The third kappa shape index (κ3) is 4.87. The Morgan fingerprint density at radius 3 is 2.54 bits per heavy atom. The second-order valence-electron chi connectivity index (χ2n) is 8.19. The Kier molecular flexibility index (Phi) is 6.33. The topological polar surface area (TPSA) is 134 Å². The minimum absolute atomic E-state index is 0.199. The molecule has 11 heteroatoms. The number of hydrogen-bond acceptors (Lipinski definition) is 8. The number of aromatic nitrogens is 5. The minimum atomic E-state index is -0.497. The van der Waals surface area contributed by atoms with Crippen LogP contribution in [0.2, 0.25) is 0 Å². The maximum atomic E-state index is 12.9. The van der Waals surface area contributed by atoms with Gasteiger partial charge in [0.25, 0.3) is 5.89 Å². The van der Waals surface area contributed by atoms with E-state index in [0.29, 0.717) is 22.6 Å². The molecule has 0 atom stereocenters. The van der Waals surface area contributed by atoms with E-state index in [0.717, 1.165) is 15.8 Å². The van der Waals surface area contributed by atoms with Gasteiger partial charge in [0.2, 0.25) is 11.7 Å². The number of esters is 1. The Balaban J connectivity index is 1.36. The third-order valence-corrected chi connectivity index (χ3v) is 5.55. The van der Waals surface area contributed by atoms with E-state index in [-0.39, 0.29) is 24.7 Å². The molecule has 5 aromatic rings. The van der Waals surface area contributed by atoms with Crippen molar-refractivity contribution in [1.82, 2.24) is 24.3 Å². The number of fused-ring (bicyclic) bond motifs is 1. The summed E-state index contributed by atoms with van der Waals surface area (Å²) < 4.78 is 12.8. The number of amides is 1. The van der Waals surface area contributed by atoms with Gasteiger partial charge in [-0.3, -0.25) is 4.79 Å². The first-order chi connectivity index (χ1) is 17.9. The summed E-state index contributed by atoms with van der Waals surface area (Å²) in [6.07, 6.45) is 1.55. The van der Waals surface area contributed by atoms with E-state index in [2.05, 4.69) is 20.6 Å². The lowest BCUT2D eigenvalue weighted by atomic mass is 10.1. The van der Waals surface area contributed by atoms with Crippen LogP contribution in [0.15, 0.2) is 76.2 Å². The Morgan fingerprint density at radius 1 is 1.05 bits per heavy atom. The van der Waals surface area contributed by atoms with Crippen LogP contribution < -0.4 is 11.0 Å². The van der Waals surface area contributed by atoms with E-state index >= 15 is 0 Å². The molecule has 3 heterocycles. The van der Waals surface area contributed by atoms with Gasteiger partial charge in [-0.05, 0) is 50.2 Å². The van der Waals surface area contributed by atoms with Gasteiger partial charge >= 0.3 is 11.7 Å². The molecule has 0 aliphatic heterocycles. The highest BCUT2D eigenvalue weighted by Gasteiger charge is 2.19. The van der Waals surface area contributed by atoms with Crippen molar-refractivity contribution in [1.29, 1.82) is 0 Å². The summed E-state index contributed by atoms with van der Waals surface area (Å²) in [6, 6.07) is 17.3. The average molecular weight is 498 g/mol. The first-order valence-electron chi connectivity index (χ1n) is 11.5. The molecule has 0 saturated heterocycles. The van der Waals surface area contributed by atoms with Crippen molar-refractivity contribution >= 4 is 23.2 Å². The molecule has 0 aliphatic carbocycles. The maximum absolute atomic E-state index is 12.9. The number of ether oxygens (including phenoxy) is 1. The van der Waals surface area contributed by atoms with Gasteiger partial charge in [-0.25, -0.2) is 18.7 Å². The second-order valence-corrected chi connectivity index (χ2v) is 8.19. The van der Waals surface area contributed by atoms with Crippen molar-refractivity contribution in [2.24, 2.45) is 0 Å². The predicted octanol–water partition coefficient (Wildman–Crippen LogP) is 3.34. The molecule has 11 nitrogen and oxygen atoms in total. The van der Waals surface area contributed by atoms with Gasteiger partial charge in [0, 0.05) is 17.4 Å². The fourth-order valence-electron chi connectivity index (χ4n) is 3.70. The molecule has 186 valence electrons. The van der Waals surface area contributed by atoms with Gasteiger partial charge in [-0.1, -0.05) is 35.0 Å². The van der Waals surface area contributed by atoms with Crippen molar-refractivity contribution in [2.75, 3.05) is 11.9 Å². The van der Waals surface area contributed by atoms with Crippen LogP contribution in [0.5, 0.6) is 0 Å². The zero-order valence-electron chi connectivity index (χ0n) is 20.0. The zero-order valence-corrected chi connectivity index (χ0v) is 20.0. The molecule has 1 amide bonds. The van der Waals surface area contributed by atoms with Crippen molar-refractivity contribution in [3.05, 3.63) is 88.5 Å². The fourth-order valence-corrected chi connectivity index (χ4v) is 3.70. The molecule has 5 rings (SSSR count). The fraction of sp³-hybridized carbons (Fsp3) is 0.154. The summed E-state index contributed by atoms with van der Waals surface area (Å²) in [6.45, 7) is 3.66. The number of carbonyl (C=O) groups is 2. The Labute approximate surface area is 210 Å². The maximum Gasteiger partial charge on any atom is 0.350 e. The van der Waals surface area contributed by atoms with Gasteiger partial charge in [0.1, 0.15) is 6.54 Å². The van der Waals surface area contributed by atoms with E-state index in [1.807, 2.05) is 31.2 Å². The molecule has 0 spiro atoms. The smallest absolute Gasteiger partial charge is 0.350 e. The summed E-state index contributed by atoms with van der Waals surface area (Å²) in [5, 5.41) is 11.1. The van der Waals surface area contributed by atoms with Gasteiger partial charge in [-0.15, -0.1) is 5.10 Å². The molecule has 2 aromatic carbocycles. The number of anilines is 1. The van der Waals surface area contributed by atoms with E-state index in [1.54, 1.807) is 49.5 Å². The number of nitrogens with zero attached hydrogens (tertiary/aromatic N) is 5. The van der Waals surface area contributed by atoms with E-state index < -0.39 is 17.6 Å². The Hall–Kier alpha value is -5.06. The first kappa shape index (κ1) is 23.7. The number of nitrogens with one attached hydrogen (secondary N) is 1. The van der Waals surface area contributed by atoms with Crippen molar-refractivity contribution in [3.63, 3.8) is 0 Å². The molecule has 0 bridgehead atoms. The number of hydrogen-bond donors (Lipinski definition) is 1. The van der Waals surface area contributed by atoms with Crippen LogP contribution in [-0.4, -0.2) is 42.8 Å². The largest absolute Gasteiger partial charge is 0.462 e. The monoisotopic (exact) mass is 498 g/mol. The quantitative estimate of drug-likeness (QED) is 0.338.